The minimum Gasteiger partial charge on any atom is -0.383 e. The number of nitrogens with one attached hydrogen (secondary N) is 2. The molecule has 3 amide bonds. The molecular formula is C18H24FN3O3. The van der Waals surface area contributed by atoms with Gasteiger partial charge in [-0.25, -0.2) is 9.18 Å². The highest BCUT2D eigenvalue weighted by Crippen LogP contribution is 2.35. The summed E-state index contributed by atoms with van der Waals surface area (Å²) in [6.07, 6.45) is 1.99. The van der Waals surface area contributed by atoms with Gasteiger partial charge in [0, 0.05) is 13.5 Å². The summed E-state index contributed by atoms with van der Waals surface area (Å²) in [5.41, 5.74) is -0.132. The zero-order chi connectivity index (χ0) is 17.9. The Hall–Kier alpha value is -1.99. The SMILES string of the molecule is COCCN1C(=O)NC(Cc2ccc(F)cc2)(C2CCNCC2)C1=O. The van der Waals surface area contributed by atoms with Gasteiger partial charge in [0.25, 0.3) is 5.91 Å². The first-order valence-corrected chi connectivity index (χ1v) is 8.65. The minimum atomic E-state index is -0.968. The largest absolute Gasteiger partial charge is 0.383 e. The number of imide groups is 1. The number of halogens is 1. The van der Waals surface area contributed by atoms with Crippen LogP contribution < -0.4 is 10.6 Å². The van der Waals surface area contributed by atoms with Crippen LogP contribution in [0.4, 0.5) is 9.18 Å². The number of hydrogen-bond acceptors (Lipinski definition) is 4. The van der Waals surface area contributed by atoms with Crippen molar-refractivity contribution in [3.05, 3.63) is 35.6 Å². The number of carbonyl (C=O) groups is 2. The Balaban J connectivity index is 1.90. The standard InChI is InChI=1S/C18H24FN3O3/c1-25-11-10-22-16(23)18(21-17(22)24,14-6-8-20-9-7-14)12-13-2-4-15(19)5-3-13/h2-5,14,20H,6-12H2,1H3,(H,21,24). The summed E-state index contributed by atoms with van der Waals surface area (Å²) in [4.78, 5) is 26.9. The van der Waals surface area contributed by atoms with Crippen molar-refractivity contribution in [3.8, 4) is 0 Å². The van der Waals surface area contributed by atoms with Crippen LogP contribution in [0, 0.1) is 11.7 Å². The maximum atomic E-state index is 13.2. The van der Waals surface area contributed by atoms with Crippen LogP contribution in [0.5, 0.6) is 0 Å². The van der Waals surface area contributed by atoms with Gasteiger partial charge >= 0.3 is 6.03 Å². The number of rotatable bonds is 6. The van der Waals surface area contributed by atoms with E-state index in [1.165, 1.54) is 24.1 Å². The van der Waals surface area contributed by atoms with Crippen LogP contribution >= 0.6 is 0 Å². The first-order valence-electron chi connectivity index (χ1n) is 8.65. The molecule has 1 aromatic carbocycles. The van der Waals surface area contributed by atoms with Gasteiger partial charge < -0.3 is 15.4 Å². The fourth-order valence-corrected chi connectivity index (χ4v) is 3.81. The number of carbonyl (C=O) groups excluding carboxylic acids is 2. The summed E-state index contributed by atoms with van der Waals surface area (Å²) in [6, 6.07) is 5.75. The molecule has 2 heterocycles. The summed E-state index contributed by atoms with van der Waals surface area (Å²) in [7, 11) is 1.54. The Kier molecular flexibility index (Phi) is 5.34. The van der Waals surface area contributed by atoms with Crippen molar-refractivity contribution < 1.29 is 18.7 Å². The van der Waals surface area contributed by atoms with E-state index in [1.54, 1.807) is 12.1 Å². The van der Waals surface area contributed by atoms with E-state index in [-0.39, 0.29) is 30.2 Å². The molecule has 1 unspecified atom stereocenters. The molecule has 2 fully saturated rings. The summed E-state index contributed by atoms with van der Waals surface area (Å²) in [6.45, 7) is 2.17. The maximum absolute atomic E-state index is 13.2. The van der Waals surface area contributed by atoms with E-state index >= 15 is 0 Å². The van der Waals surface area contributed by atoms with E-state index in [0.717, 1.165) is 31.5 Å². The van der Waals surface area contributed by atoms with E-state index in [1.807, 2.05) is 0 Å². The van der Waals surface area contributed by atoms with E-state index in [9.17, 15) is 14.0 Å². The third-order valence-corrected chi connectivity index (χ3v) is 5.15. The molecule has 2 aliphatic rings. The molecule has 6 nitrogen and oxygen atoms in total. The Labute approximate surface area is 146 Å². The molecule has 2 aliphatic heterocycles. The lowest BCUT2D eigenvalue weighted by atomic mass is 9.74. The summed E-state index contributed by atoms with van der Waals surface area (Å²) in [5.74, 6) is -0.475. The van der Waals surface area contributed by atoms with Gasteiger partial charge in [-0.2, -0.15) is 0 Å². The van der Waals surface area contributed by atoms with Crippen molar-refractivity contribution in [1.82, 2.24) is 15.5 Å². The summed E-state index contributed by atoms with van der Waals surface area (Å²) >= 11 is 0. The van der Waals surface area contributed by atoms with Crippen molar-refractivity contribution in [2.75, 3.05) is 33.4 Å². The first kappa shape index (κ1) is 17.8. The van der Waals surface area contributed by atoms with Crippen LogP contribution in [0.3, 0.4) is 0 Å². The molecule has 2 saturated heterocycles. The molecule has 0 radical (unpaired) electrons. The fourth-order valence-electron chi connectivity index (χ4n) is 3.81. The normalized spacial score (nSPS) is 24.6. The summed E-state index contributed by atoms with van der Waals surface area (Å²) in [5, 5.41) is 6.26. The second-order valence-electron chi connectivity index (χ2n) is 6.68. The van der Waals surface area contributed by atoms with Crippen LogP contribution in [0.15, 0.2) is 24.3 Å². The molecule has 3 rings (SSSR count). The van der Waals surface area contributed by atoms with Crippen molar-refractivity contribution in [2.24, 2.45) is 5.92 Å². The second kappa shape index (κ2) is 7.49. The highest BCUT2D eigenvalue weighted by atomic mass is 19.1. The third-order valence-electron chi connectivity index (χ3n) is 5.15. The second-order valence-corrected chi connectivity index (χ2v) is 6.68. The lowest BCUT2D eigenvalue weighted by Gasteiger charge is -2.38. The van der Waals surface area contributed by atoms with Crippen molar-refractivity contribution >= 4 is 11.9 Å². The van der Waals surface area contributed by atoms with Crippen LogP contribution in [0.1, 0.15) is 18.4 Å². The number of hydrogen-bond donors (Lipinski definition) is 2. The first-order chi connectivity index (χ1) is 12.1. The van der Waals surface area contributed by atoms with Crippen LogP contribution in [0.2, 0.25) is 0 Å². The molecule has 1 aromatic rings. The van der Waals surface area contributed by atoms with Gasteiger partial charge in [0.15, 0.2) is 0 Å². The Morgan fingerprint density at radius 1 is 1.24 bits per heavy atom. The molecule has 7 heteroatoms. The predicted octanol–water partition coefficient (Wildman–Crippen LogP) is 1.30. The quantitative estimate of drug-likeness (QED) is 0.760. The van der Waals surface area contributed by atoms with Crippen molar-refractivity contribution in [2.45, 2.75) is 24.8 Å². The topological polar surface area (TPSA) is 70.7 Å². The highest BCUT2D eigenvalue weighted by Gasteiger charge is 2.55. The Bertz CT molecular complexity index is 631. The number of methoxy groups -OCH3 is 1. The molecule has 2 N–H and O–H groups in total. The monoisotopic (exact) mass is 349 g/mol. The lowest BCUT2D eigenvalue weighted by Crippen LogP contribution is -2.57. The van der Waals surface area contributed by atoms with Gasteiger partial charge in [0.2, 0.25) is 0 Å². The van der Waals surface area contributed by atoms with Gasteiger partial charge in [-0.05, 0) is 49.5 Å². The molecule has 1 atom stereocenters. The highest BCUT2D eigenvalue weighted by molar-refractivity contribution is 6.07. The van der Waals surface area contributed by atoms with Gasteiger partial charge in [-0.15, -0.1) is 0 Å². The average Bonchev–Trinajstić information content (AvgIpc) is 2.87. The number of urea groups is 1. The fraction of sp³-hybridized carbons (Fsp3) is 0.556. The number of piperidine rings is 1. The van der Waals surface area contributed by atoms with E-state index in [0.29, 0.717) is 13.0 Å². The molecule has 0 saturated carbocycles. The number of nitrogens with zero attached hydrogens (tertiary/aromatic N) is 1. The van der Waals surface area contributed by atoms with E-state index in [2.05, 4.69) is 10.6 Å². The molecular weight excluding hydrogens is 325 g/mol. The van der Waals surface area contributed by atoms with Crippen LogP contribution in [-0.2, 0) is 16.0 Å². The Morgan fingerprint density at radius 2 is 1.92 bits per heavy atom. The zero-order valence-electron chi connectivity index (χ0n) is 14.4. The van der Waals surface area contributed by atoms with Crippen LogP contribution in [-0.4, -0.2) is 55.7 Å². The smallest absolute Gasteiger partial charge is 0.325 e. The van der Waals surface area contributed by atoms with Crippen molar-refractivity contribution in [3.63, 3.8) is 0 Å². The van der Waals surface area contributed by atoms with Gasteiger partial charge in [0.05, 0.1) is 13.2 Å². The van der Waals surface area contributed by atoms with Crippen LogP contribution in [0.25, 0.3) is 0 Å². The minimum absolute atomic E-state index is 0.0443. The molecule has 25 heavy (non-hydrogen) atoms. The average molecular weight is 349 g/mol. The maximum Gasteiger partial charge on any atom is 0.325 e. The van der Waals surface area contributed by atoms with Gasteiger partial charge in [-0.1, -0.05) is 12.1 Å². The van der Waals surface area contributed by atoms with E-state index in [4.69, 9.17) is 4.74 Å². The van der Waals surface area contributed by atoms with E-state index < -0.39 is 5.54 Å². The van der Waals surface area contributed by atoms with Gasteiger partial charge in [0.1, 0.15) is 11.4 Å². The lowest BCUT2D eigenvalue weighted by molar-refractivity contribution is -0.134. The molecule has 0 aromatic heterocycles. The molecule has 0 aliphatic carbocycles. The van der Waals surface area contributed by atoms with Gasteiger partial charge in [-0.3, -0.25) is 9.69 Å². The molecule has 0 bridgehead atoms. The predicted molar refractivity (Wildman–Crippen MR) is 90.5 cm³/mol. The molecule has 0 spiro atoms. The number of amides is 3. The molecule has 136 valence electrons. The summed E-state index contributed by atoms with van der Waals surface area (Å²) < 4.78 is 18.2. The number of benzene rings is 1. The Morgan fingerprint density at radius 3 is 2.56 bits per heavy atom. The number of ether oxygens (including phenoxy) is 1. The van der Waals surface area contributed by atoms with Crippen molar-refractivity contribution in [1.29, 1.82) is 0 Å². The third kappa shape index (κ3) is 3.52. The zero-order valence-corrected chi connectivity index (χ0v) is 14.4.